The second-order valence-corrected chi connectivity index (χ2v) is 10.1. The molecule has 1 saturated carbocycles. The number of aromatic nitrogens is 2. The van der Waals surface area contributed by atoms with Gasteiger partial charge in [0.05, 0.1) is 12.3 Å². The average Bonchev–Trinajstić information content (AvgIpc) is 3.17. The number of ether oxygens (including phenoxy) is 1. The number of amides is 1. The Labute approximate surface area is 188 Å². The maximum absolute atomic E-state index is 11.3. The number of anilines is 1. The first-order chi connectivity index (χ1) is 14.7. The summed E-state index contributed by atoms with van der Waals surface area (Å²) in [5, 5.41) is 3.09. The molecule has 2 fully saturated rings. The van der Waals surface area contributed by atoms with Gasteiger partial charge < -0.3 is 15.0 Å². The molecule has 1 amide bonds. The van der Waals surface area contributed by atoms with Crippen molar-refractivity contribution in [3.8, 4) is 0 Å². The maximum Gasteiger partial charge on any atom is 0.217 e. The Balaban J connectivity index is 1.51. The van der Waals surface area contributed by atoms with Gasteiger partial charge in [-0.15, -0.1) is 0 Å². The van der Waals surface area contributed by atoms with E-state index in [0.29, 0.717) is 19.3 Å². The van der Waals surface area contributed by atoms with E-state index in [4.69, 9.17) is 14.7 Å². The van der Waals surface area contributed by atoms with Gasteiger partial charge in [0.25, 0.3) is 0 Å². The number of carbonyl (C=O) groups excluding carboxylic acids is 1. The van der Waals surface area contributed by atoms with Crippen LogP contribution in [-0.4, -0.2) is 66.1 Å². The van der Waals surface area contributed by atoms with Gasteiger partial charge in [0.15, 0.2) is 0 Å². The van der Waals surface area contributed by atoms with Crippen molar-refractivity contribution in [3.05, 3.63) is 17.6 Å². The van der Waals surface area contributed by atoms with Crippen LogP contribution in [-0.2, 0) is 21.6 Å². The number of hydrogen-bond acceptors (Lipinski definition) is 6. The van der Waals surface area contributed by atoms with Gasteiger partial charge in [0, 0.05) is 57.2 Å². The Morgan fingerprint density at radius 2 is 1.94 bits per heavy atom. The predicted octanol–water partition coefficient (Wildman–Crippen LogP) is 3.13. The smallest absolute Gasteiger partial charge is 0.217 e. The van der Waals surface area contributed by atoms with E-state index in [1.165, 1.54) is 12.8 Å². The molecule has 2 heterocycles. The van der Waals surface area contributed by atoms with Gasteiger partial charge >= 0.3 is 0 Å². The van der Waals surface area contributed by atoms with E-state index in [9.17, 15) is 4.79 Å². The third-order valence-corrected chi connectivity index (χ3v) is 6.39. The van der Waals surface area contributed by atoms with Crippen LogP contribution in [0.5, 0.6) is 0 Å². The highest BCUT2D eigenvalue weighted by Crippen LogP contribution is 2.29. The molecule has 3 rings (SSSR count). The van der Waals surface area contributed by atoms with Gasteiger partial charge in [-0.3, -0.25) is 9.69 Å². The lowest BCUT2D eigenvalue weighted by atomic mass is 9.95. The zero-order valence-electron chi connectivity index (χ0n) is 20.1. The average molecular weight is 432 g/mol. The van der Waals surface area contributed by atoms with Crippen LogP contribution in [0.15, 0.2) is 6.07 Å². The molecule has 0 aromatic carbocycles. The minimum absolute atomic E-state index is 0.0881. The molecule has 1 aliphatic heterocycles. The normalized spacial score (nSPS) is 22.7. The molecule has 0 radical (unpaired) electrons. The summed E-state index contributed by atoms with van der Waals surface area (Å²) in [7, 11) is 0. The fourth-order valence-electron chi connectivity index (χ4n) is 4.58. The SMILES string of the molecule is CCOCc1cc(N2CCN(CCC3CCC(NC(C)=O)C3)CC2)nc(C(C)(C)C)n1. The van der Waals surface area contributed by atoms with E-state index >= 15 is 0 Å². The van der Waals surface area contributed by atoms with Crippen LogP contribution in [0.1, 0.15) is 71.8 Å². The summed E-state index contributed by atoms with van der Waals surface area (Å²) in [5.74, 6) is 2.76. The Morgan fingerprint density at radius 3 is 2.58 bits per heavy atom. The Hall–Kier alpha value is -1.73. The minimum Gasteiger partial charge on any atom is -0.375 e. The van der Waals surface area contributed by atoms with E-state index < -0.39 is 0 Å². The molecule has 1 aromatic rings. The van der Waals surface area contributed by atoms with Crippen LogP contribution in [0.25, 0.3) is 0 Å². The van der Waals surface area contributed by atoms with Gasteiger partial charge in [-0.2, -0.15) is 0 Å². The molecule has 31 heavy (non-hydrogen) atoms. The molecule has 1 saturated heterocycles. The third-order valence-electron chi connectivity index (χ3n) is 6.39. The zero-order chi connectivity index (χ0) is 22.4. The van der Waals surface area contributed by atoms with Crippen LogP contribution in [0.2, 0.25) is 0 Å². The molecular weight excluding hydrogens is 390 g/mol. The molecular formula is C24H41N5O2. The lowest BCUT2D eigenvalue weighted by molar-refractivity contribution is -0.119. The predicted molar refractivity (Wildman–Crippen MR) is 124 cm³/mol. The highest BCUT2D eigenvalue weighted by Gasteiger charge is 2.27. The summed E-state index contributed by atoms with van der Waals surface area (Å²) in [6, 6.07) is 2.49. The van der Waals surface area contributed by atoms with Crippen molar-refractivity contribution in [2.75, 3.05) is 44.2 Å². The van der Waals surface area contributed by atoms with Gasteiger partial charge in [-0.25, -0.2) is 9.97 Å². The van der Waals surface area contributed by atoms with Crippen molar-refractivity contribution >= 4 is 11.7 Å². The number of nitrogens with zero attached hydrogens (tertiary/aromatic N) is 4. The molecule has 0 spiro atoms. The number of piperazine rings is 1. The molecule has 2 atom stereocenters. The summed E-state index contributed by atoms with van der Waals surface area (Å²) in [5.41, 5.74) is 0.879. The lowest BCUT2D eigenvalue weighted by Crippen LogP contribution is -2.47. The Morgan fingerprint density at radius 1 is 1.19 bits per heavy atom. The van der Waals surface area contributed by atoms with E-state index in [2.05, 4.69) is 42.0 Å². The highest BCUT2D eigenvalue weighted by molar-refractivity contribution is 5.73. The van der Waals surface area contributed by atoms with Gasteiger partial charge in [0.2, 0.25) is 5.91 Å². The molecule has 1 N–H and O–H groups in total. The van der Waals surface area contributed by atoms with Gasteiger partial charge in [0.1, 0.15) is 11.6 Å². The van der Waals surface area contributed by atoms with Gasteiger partial charge in [-0.1, -0.05) is 20.8 Å². The summed E-state index contributed by atoms with van der Waals surface area (Å²) in [4.78, 5) is 25.9. The Bertz CT molecular complexity index is 725. The molecule has 0 bridgehead atoms. The molecule has 7 heteroatoms. The lowest BCUT2D eigenvalue weighted by Gasteiger charge is -2.36. The third kappa shape index (κ3) is 7.14. The zero-order valence-corrected chi connectivity index (χ0v) is 20.1. The van der Waals surface area contributed by atoms with E-state index in [0.717, 1.165) is 68.8 Å². The molecule has 2 unspecified atom stereocenters. The second kappa shape index (κ2) is 10.7. The minimum atomic E-state index is -0.0881. The standard InChI is InChI=1S/C24H41N5O2/c1-6-31-17-21-16-22(27-23(26-21)24(3,4)5)29-13-11-28(12-14-29)10-9-19-7-8-20(15-19)25-18(2)30/h16,19-20H,6-15,17H2,1-5H3,(H,25,30). The highest BCUT2D eigenvalue weighted by atomic mass is 16.5. The summed E-state index contributed by atoms with van der Waals surface area (Å²) in [6.07, 6.45) is 4.74. The Kier molecular flexibility index (Phi) is 8.28. The van der Waals surface area contributed by atoms with Crippen LogP contribution in [0, 0.1) is 5.92 Å². The molecule has 2 aliphatic rings. The first-order valence-electron chi connectivity index (χ1n) is 11.9. The first-order valence-corrected chi connectivity index (χ1v) is 11.9. The summed E-state index contributed by atoms with van der Waals surface area (Å²) >= 11 is 0. The van der Waals surface area contributed by atoms with E-state index in [1.807, 2.05) is 6.92 Å². The van der Waals surface area contributed by atoms with Crippen molar-refractivity contribution in [2.24, 2.45) is 5.92 Å². The molecule has 7 nitrogen and oxygen atoms in total. The van der Waals surface area contributed by atoms with Crippen molar-refractivity contribution in [3.63, 3.8) is 0 Å². The van der Waals surface area contributed by atoms with Crippen molar-refractivity contribution < 1.29 is 9.53 Å². The molecule has 1 aliphatic carbocycles. The summed E-state index contributed by atoms with van der Waals surface area (Å²) < 4.78 is 5.62. The van der Waals surface area contributed by atoms with Crippen LogP contribution in [0.4, 0.5) is 5.82 Å². The molecule has 174 valence electrons. The number of nitrogens with one attached hydrogen (secondary N) is 1. The fourth-order valence-corrected chi connectivity index (χ4v) is 4.58. The maximum atomic E-state index is 11.3. The number of rotatable bonds is 8. The monoisotopic (exact) mass is 431 g/mol. The van der Waals surface area contributed by atoms with Crippen molar-refractivity contribution in [2.45, 2.75) is 78.4 Å². The largest absolute Gasteiger partial charge is 0.375 e. The quantitative estimate of drug-likeness (QED) is 0.682. The van der Waals surface area contributed by atoms with Crippen LogP contribution < -0.4 is 10.2 Å². The topological polar surface area (TPSA) is 70.6 Å². The fraction of sp³-hybridized carbons (Fsp3) is 0.792. The molecule has 1 aromatic heterocycles. The number of carbonyl (C=O) groups is 1. The number of hydrogen-bond donors (Lipinski definition) is 1. The van der Waals surface area contributed by atoms with E-state index in [-0.39, 0.29) is 11.3 Å². The van der Waals surface area contributed by atoms with Crippen LogP contribution >= 0.6 is 0 Å². The van der Waals surface area contributed by atoms with E-state index in [1.54, 1.807) is 6.92 Å². The van der Waals surface area contributed by atoms with Gasteiger partial charge in [-0.05, 0) is 45.1 Å². The summed E-state index contributed by atoms with van der Waals surface area (Å²) in [6.45, 7) is 16.6. The van der Waals surface area contributed by atoms with Crippen molar-refractivity contribution in [1.29, 1.82) is 0 Å². The second-order valence-electron chi connectivity index (χ2n) is 10.1. The van der Waals surface area contributed by atoms with Crippen LogP contribution in [0.3, 0.4) is 0 Å². The first kappa shape index (κ1) is 23.9. The van der Waals surface area contributed by atoms with Crippen molar-refractivity contribution in [1.82, 2.24) is 20.2 Å².